The zero-order valence-corrected chi connectivity index (χ0v) is 9.90. The number of hydrogen-bond acceptors (Lipinski definition) is 5. The molecule has 0 saturated heterocycles. The number of hydrogen-bond donors (Lipinski definition) is 1. The molecule has 1 N–H and O–H groups in total. The summed E-state index contributed by atoms with van der Waals surface area (Å²) in [5.41, 5.74) is 0.313. The van der Waals surface area contributed by atoms with Crippen molar-refractivity contribution in [3.63, 3.8) is 0 Å². The van der Waals surface area contributed by atoms with Gasteiger partial charge >= 0.3 is 5.97 Å². The minimum atomic E-state index is -0.448. The molecule has 0 saturated carbocycles. The topological polar surface area (TPSA) is 72.8 Å². The Kier molecular flexibility index (Phi) is 3.29. The van der Waals surface area contributed by atoms with Gasteiger partial charge in [0.05, 0.1) is 6.61 Å². The third-order valence-corrected chi connectivity index (χ3v) is 2.46. The summed E-state index contributed by atoms with van der Waals surface area (Å²) < 4.78 is 6.70. The van der Waals surface area contributed by atoms with Gasteiger partial charge in [-0.25, -0.2) is 9.48 Å². The van der Waals surface area contributed by atoms with Gasteiger partial charge in [0.15, 0.2) is 5.82 Å². The predicted octanol–water partition coefficient (Wildman–Crippen LogP) is 1.50. The number of aromatic nitrogens is 4. The first-order valence-corrected chi connectivity index (χ1v) is 5.40. The number of aromatic amines is 1. The van der Waals surface area contributed by atoms with Crippen molar-refractivity contribution in [3.8, 4) is 5.82 Å². The third-order valence-electron chi connectivity index (χ3n) is 2.05. The van der Waals surface area contributed by atoms with Crippen molar-refractivity contribution in [1.29, 1.82) is 0 Å². The Labute approximate surface area is 102 Å². The zero-order valence-electron chi connectivity index (χ0n) is 9.08. The molecule has 2 rings (SSSR count). The van der Waals surface area contributed by atoms with E-state index in [9.17, 15) is 4.79 Å². The lowest BCUT2D eigenvalue weighted by Crippen LogP contribution is -2.05. The highest BCUT2D eigenvalue weighted by molar-refractivity contribution is 7.71. The van der Waals surface area contributed by atoms with Gasteiger partial charge in [-0.15, -0.1) is 5.10 Å². The smallest absolute Gasteiger partial charge is 0.342 e. The molecule has 0 unspecified atom stereocenters. The summed E-state index contributed by atoms with van der Waals surface area (Å²) in [4.78, 5) is 11.6. The summed E-state index contributed by atoms with van der Waals surface area (Å²) in [5.74, 6) is 0.0736. The van der Waals surface area contributed by atoms with E-state index in [0.29, 0.717) is 22.6 Å². The molecule has 0 spiro atoms. The molecular formula is C10H10N4O2S. The van der Waals surface area contributed by atoms with Crippen LogP contribution in [0.4, 0.5) is 0 Å². The molecule has 6 nitrogen and oxygen atoms in total. The number of ether oxygens (including phenoxy) is 1. The molecule has 88 valence electrons. The van der Waals surface area contributed by atoms with Crippen molar-refractivity contribution >= 4 is 18.2 Å². The summed E-state index contributed by atoms with van der Waals surface area (Å²) in [6.45, 7) is 2.05. The minimum Gasteiger partial charge on any atom is -0.462 e. The molecule has 2 aromatic heterocycles. The van der Waals surface area contributed by atoms with Gasteiger partial charge in [-0.2, -0.15) is 5.10 Å². The first-order chi connectivity index (χ1) is 8.24. The molecule has 0 bridgehead atoms. The van der Waals surface area contributed by atoms with Gasteiger partial charge in [-0.1, -0.05) is 12.2 Å². The van der Waals surface area contributed by atoms with E-state index in [4.69, 9.17) is 17.0 Å². The molecule has 17 heavy (non-hydrogen) atoms. The molecule has 0 aliphatic carbocycles. The summed E-state index contributed by atoms with van der Waals surface area (Å²) in [7, 11) is 0. The number of rotatable bonds is 3. The van der Waals surface area contributed by atoms with Gasteiger partial charge in [0.1, 0.15) is 10.2 Å². The van der Waals surface area contributed by atoms with Gasteiger partial charge in [0.2, 0.25) is 0 Å². The molecule has 0 aliphatic rings. The van der Waals surface area contributed by atoms with E-state index in [1.807, 2.05) is 0 Å². The number of nitrogens with one attached hydrogen (secondary N) is 1. The first kappa shape index (κ1) is 11.5. The van der Waals surface area contributed by atoms with E-state index in [0.717, 1.165) is 0 Å². The van der Waals surface area contributed by atoms with Crippen molar-refractivity contribution in [3.05, 3.63) is 34.7 Å². The Morgan fingerprint density at radius 1 is 1.65 bits per heavy atom. The maximum Gasteiger partial charge on any atom is 0.342 e. The van der Waals surface area contributed by atoms with Gasteiger partial charge in [-0.3, -0.25) is 5.10 Å². The predicted molar refractivity (Wildman–Crippen MR) is 62.5 cm³/mol. The molecule has 0 aliphatic heterocycles. The first-order valence-electron chi connectivity index (χ1n) is 4.99. The summed E-state index contributed by atoms with van der Waals surface area (Å²) in [6.07, 6.45) is 3.05. The zero-order chi connectivity index (χ0) is 12.3. The van der Waals surface area contributed by atoms with Crippen molar-refractivity contribution in [1.82, 2.24) is 20.0 Å². The normalized spacial score (nSPS) is 10.2. The maximum atomic E-state index is 11.6. The average Bonchev–Trinajstić information content (AvgIpc) is 2.72. The fraction of sp³-hybridized carbons (Fsp3) is 0.200. The van der Waals surface area contributed by atoms with Gasteiger partial charge in [0, 0.05) is 12.4 Å². The van der Waals surface area contributed by atoms with Crippen molar-refractivity contribution < 1.29 is 9.53 Å². The van der Waals surface area contributed by atoms with Crippen LogP contribution in [0, 0.1) is 4.64 Å². The molecule has 0 aromatic carbocycles. The standard InChI is InChI=1S/C10H10N4O2S/c1-2-16-10(15)7-6-12-14(9(7)17)8-4-3-5-11-13-8/h3-6,12H,2H2,1H3. The largest absolute Gasteiger partial charge is 0.462 e. The van der Waals surface area contributed by atoms with Crippen LogP contribution >= 0.6 is 12.2 Å². The average molecular weight is 250 g/mol. The number of carbonyl (C=O) groups is 1. The molecule has 7 heteroatoms. The van der Waals surface area contributed by atoms with Crippen LogP contribution in [-0.2, 0) is 4.74 Å². The fourth-order valence-electron chi connectivity index (χ4n) is 1.31. The second kappa shape index (κ2) is 4.88. The third kappa shape index (κ3) is 2.23. The molecule has 0 radical (unpaired) electrons. The van der Waals surface area contributed by atoms with E-state index >= 15 is 0 Å². The van der Waals surface area contributed by atoms with Crippen LogP contribution < -0.4 is 0 Å². The van der Waals surface area contributed by atoms with E-state index < -0.39 is 5.97 Å². The Bertz CT molecular complexity index is 575. The fourth-order valence-corrected chi connectivity index (χ4v) is 1.60. The summed E-state index contributed by atoms with van der Waals surface area (Å²) in [6, 6.07) is 3.46. The summed E-state index contributed by atoms with van der Waals surface area (Å²) >= 11 is 5.16. The number of carbonyl (C=O) groups excluding carboxylic acids is 1. The second-order valence-electron chi connectivity index (χ2n) is 3.13. The van der Waals surface area contributed by atoms with Crippen LogP contribution in [0.3, 0.4) is 0 Å². The molecule has 2 heterocycles. The molecule has 2 aromatic rings. The lowest BCUT2D eigenvalue weighted by molar-refractivity contribution is 0.0525. The molecule has 0 fully saturated rings. The van der Waals surface area contributed by atoms with Gasteiger partial charge < -0.3 is 4.74 Å². The molecule has 0 atom stereocenters. The van der Waals surface area contributed by atoms with E-state index in [1.165, 1.54) is 10.9 Å². The highest BCUT2D eigenvalue weighted by atomic mass is 32.1. The highest BCUT2D eigenvalue weighted by Gasteiger charge is 2.13. The van der Waals surface area contributed by atoms with Gasteiger partial charge in [0.25, 0.3) is 0 Å². The van der Waals surface area contributed by atoms with Gasteiger partial charge in [-0.05, 0) is 19.1 Å². The van der Waals surface area contributed by atoms with Crippen LogP contribution in [0.25, 0.3) is 5.82 Å². The lowest BCUT2D eigenvalue weighted by Gasteiger charge is -1.99. The van der Waals surface area contributed by atoms with E-state index in [1.54, 1.807) is 25.3 Å². The van der Waals surface area contributed by atoms with Crippen molar-refractivity contribution in [2.24, 2.45) is 0 Å². The number of nitrogens with zero attached hydrogens (tertiary/aromatic N) is 3. The van der Waals surface area contributed by atoms with E-state index in [2.05, 4.69) is 15.3 Å². The van der Waals surface area contributed by atoms with Crippen LogP contribution in [0.2, 0.25) is 0 Å². The maximum absolute atomic E-state index is 11.6. The SMILES string of the molecule is CCOC(=O)c1c[nH]n(-c2cccnn2)c1=S. The van der Waals surface area contributed by atoms with Crippen LogP contribution in [0.5, 0.6) is 0 Å². The number of esters is 1. The molecular weight excluding hydrogens is 240 g/mol. The Morgan fingerprint density at radius 3 is 3.12 bits per heavy atom. The monoisotopic (exact) mass is 250 g/mol. The summed E-state index contributed by atoms with van der Waals surface area (Å²) in [5, 5.41) is 10.5. The highest BCUT2D eigenvalue weighted by Crippen LogP contribution is 2.09. The van der Waals surface area contributed by atoms with Crippen LogP contribution in [0.15, 0.2) is 24.5 Å². The Hall–Kier alpha value is -2.02. The van der Waals surface area contributed by atoms with E-state index in [-0.39, 0.29) is 0 Å². The van der Waals surface area contributed by atoms with Crippen LogP contribution in [-0.4, -0.2) is 32.6 Å². The molecule has 0 amide bonds. The Balaban J connectivity index is 2.40. The lowest BCUT2D eigenvalue weighted by atomic mass is 10.4. The van der Waals surface area contributed by atoms with Crippen LogP contribution in [0.1, 0.15) is 17.3 Å². The second-order valence-corrected chi connectivity index (χ2v) is 3.52. The van der Waals surface area contributed by atoms with Crippen molar-refractivity contribution in [2.45, 2.75) is 6.92 Å². The minimum absolute atomic E-state index is 0.309. The number of H-pyrrole nitrogens is 1. The van der Waals surface area contributed by atoms with Crippen molar-refractivity contribution in [2.75, 3.05) is 6.61 Å². The Morgan fingerprint density at radius 2 is 2.47 bits per heavy atom. The quantitative estimate of drug-likeness (QED) is 0.660.